The van der Waals surface area contributed by atoms with Gasteiger partial charge in [0.1, 0.15) is 0 Å². The van der Waals surface area contributed by atoms with Crippen molar-refractivity contribution in [1.82, 2.24) is 5.32 Å². The normalized spacial score (nSPS) is 17.7. The van der Waals surface area contributed by atoms with Gasteiger partial charge in [-0.15, -0.1) is 0 Å². The molecule has 0 aromatic heterocycles. The van der Waals surface area contributed by atoms with E-state index < -0.39 is 5.54 Å². The maximum atomic E-state index is 12.1. The Morgan fingerprint density at radius 2 is 2.00 bits per heavy atom. The molecule has 1 aliphatic rings. The van der Waals surface area contributed by atoms with E-state index in [1.807, 2.05) is 6.92 Å². The van der Waals surface area contributed by atoms with Crippen LogP contribution in [0.5, 0.6) is 0 Å². The third-order valence-corrected chi connectivity index (χ3v) is 4.39. The highest BCUT2D eigenvalue weighted by Crippen LogP contribution is 2.27. The molecule has 1 saturated carbocycles. The maximum Gasteiger partial charge on any atom is 0.241 e. The number of hydrogen-bond donors (Lipinski definition) is 2. The number of nitrogens with two attached hydrogens (primary N) is 1. The molecule has 0 saturated heterocycles. The van der Waals surface area contributed by atoms with Gasteiger partial charge in [0.25, 0.3) is 0 Å². The molecule has 1 unspecified atom stereocenters. The molecule has 1 aliphatic carbocycles. The molecule has 3 N–H and O–H groups in total. The highest BCUT2D eigenvalue weighted by Gasteiger charge is 2.37. The molecule has 3 nitrogen and oxygen atoms in total. The van der Waals surface area contributed by atoms with E-state index in [1.165, 1.54) is 0 Å². The zero-order valence-corrected chi connectivity index (χ0v) is 13.4. The second kappa shape index (κ2) is 6.70. The number of benzene rings is 1. The van der Waals surface area contributed by atoms with Crippen LogP contribution < -0.4 is 11.1 Å². The Kier molecular flexibility index (Phi) is 5.16. The highest BCUT2D eigenvalue weighted by molar-refractivity contribution is 6.42. The van der Waals surface area contributed by atoms with Gasteiger partial charge in [0.2, 0.25) is 5.91 Å². The predicted molar refractivity (Wildman–Crippen MR) is 86.3 cm³/mol. The van der Waals surface area contributed by atoms with Gasteiger partial charge in [-0.2, -0.15) is 0 Å². The Morgan fingerprint density at radius 1 is 1.33 bits per heavy atom. The smallest absolute Gasteiger partial charge is 0.241 e. The van der Waals surface area contributed by atoms with Crippen molar-refractivity contribution < 1.29 is 4.79 Å². The summed E-state index contributed by atoms with van der Waals surface area (Å²) >= 11 is 11.8. The summed E-state index contributed by atoms with van der Waals surface area (Å²) in [6.07, 6.45) is 3.50. The lowest BCUT2D eigenvalue weighted by molar-refractivity contribution is -0.126. The fourth-order valence-electron chi connectivity index (χ4n) is 2.37. The first-order valence-electron chi connectivity index (χ1n) is 6.97. The lowest BCUT2D eigenvalue weighted by Crippen LogP contribution is -2.53. The minimum absolute atomic E-state index is 0.115. The number of nitrogens with one attached hydrogen (secondary N) is 1. The molecular weight excluding hydrogens is 307 g/mol. The lowest BCUT2D eigenvalue weighted by Gasteiger charge is -2.23. The van der Waals surface area contributed by atoms with E-state index in [0.29, 0.717) is 10.0 Å². The van der Waals surface area contributed by atoms with E-state index in [1.54, 1.807) is 18.2 Å². The molecular formula is C16H18Cl2N2O. The van der Waals surface area contributed by atoms with Crippen molar-refractivity contribution in [2.45, 2.75) is 44.2 Å². The molecule has 0 aliphatic heterocycles. The van der Waals surface area contributed by atoms with Gasteiger partial charge in [-0.05, 0) is 38.0 Å². The summed E-state index contributed by atoms with van der Waals surface area (Å²) < 4.78 is 0. The van der Waals surface area contributed by atoms with Gasteiger partial charge in [0.15, 0.2) is 0 Å². The van der Waals surface area contributed by atoms with Crippen molar-refractivity contribution in [2.75, 3.05) is 0 Å². The van der Waals surface area contributed by atoms with Crippen LogP contribution in [0.4, 0.5) is 0 Å². The van der Waals surface area contributed by atoms with Crippen molar-refractivity contribution in [3.8, 4) is 11.8 Å². The summed E-state index contributed by atoms with van der Waals surface area (Å²) in [6, 6.07) is 4.92. The van der Waals surface area contributed by atoms with Crippen molar-refractivity contribution >= 4 is 29.1 Å². The Hall–Kier alpha value is -1.21. The van der Waals surface area contributed by atoms with Gasteiger partial charge < -0.3 is 11.1 Å². The van der Waals surface area contributed by atoms with E-state index in [-0.39, 0.29) is 11.9 Å². The molecule has 5 heteroatoms. The second-order valence-electron chi connectivity index (χ2n) is 5.46. The van der Waals surface area contributed by atoms with Crippen molar-refractivity contribution in [3.05, 3.63) is 33.8 Å². The van der Waals surface area contributed by atoms with Crippen molar-refractivity contribution in [1.29, 1.82) is 0 Å². The standard InChI is InChI=1S/C16H18Cl2N2O/c1-11(20-15(21)16(19)8-2-3-9-16)4-5-12-6-7-13(17)14(18)10-12/h6-7,10-11H,2-3,8-9,19H2,1H3,(H,20,21). The molecule has 21 heavy (non-hydrogen) atoms. The van der Waals surface area contributed by atoms with Gasteiger partial charge >= 0.3 is 0 Å². The Morgan fingerprint density at radius 3 is 2.62 bits per heavy atom. The number of carbonyl (C=O) groups excluding carboxylic acids is 1. The topological polar surface area (TPSA) is 55.1 Å². The van der Waals surface area contributed by atoms with Gasteiger partial charge in [-0.3, -0.25) is 4.79 Å². The largest absolute Gasteiger partial charge is 0.341 e. The first kappa shape index (κ1) is 16.2. The molecule has 1 atom stereocenters. The zero-order valence-electron chi connectivity index (χ0n) is 11.9. The molecule has 0 bridgehead atoms. The minimum atomic E-state index is -0.723. The van der Waals surface area contributed by atoms with Crippen LogP contribution in [0.2, 0.25) is 10.0 Å². The molecule has 0 spiro atoms. The van der Waals surface area contributed by atoms with Crippen LogP contribution in [0.25, 0.3) is 0 Å². The summed E-state index contributed by atoms with van der Waals surface area (Å²) in [5.74, 6) is 5.84. The fourth-order valence-corrected chi connectivity index (χ4v) is 2.67. The van der Waals surface area contributed by atoms with Crippen LogP contribution in [0.1, 0.15) is 38.2 Å². The summed E-state index contributed by atoms with van der Waals surface area (Å²) in [5.41, 5.74) is 6.14. The number of amides is 1. The fraction of sp³-hybridized carbons (Fsp3) is 0.438. The van der Waals surface area contributed by atoms with Crippen molar-refractivity contribution in [2.24, 2.45) is 5.73 Å². The third-order valence-electron chi connectivity index (χ3n) is 3.65. The summed E-state index contributed by atoms with van der Waals surface area (Å²) in [5, 5.41) is 3.82. The first-order valence-corrected chi connectivity index (χ1v) is 7.73. The quantitative estimate of drug-likeness (QED) is 0.821. The van der Waals surface area contributed by atoms with Crippen molar-refractivity contribution in [3.63, 3.8) is 0 Å². The number of halogens is 2. The van der Waals surface area contributed by atoms with Crippen LogP contribution in [0.15, 0.2) is 18.2 Å². The molecule has 1 fully saturated rings. The Bertz CT molecular complexity index is 598. The molecule has 0 radical (unpaired) electrons. The number of hydrogen-bond acceptors (Lipinski definition) is 2. The average Bonchev–Trinajstić information content (AvgIpc) is 2.88. The second-order valence-corrected chi connectivity index (χ2v) is 6.27. The molecule has 1 aromatic rings. The number of rotatable bonds is 2. The van der Waals surface area contributed by atoms with E-state index in [9.17, 15) is 4.79 Å². The zero-order chi connectivity index (χ0) is 15.5. The monoisotopic (exact) mass is 324 g/mol. The summed E-state index contributed by atoms with van der Waals surface area (Å²) in [4.78, 5) is 12.1. The van der Waals surface area contributed by atoms with E-state index in [4.69, 9.17) is 28.9 Å². The third kappa shape index (κ3) is 4.14. The van der Waals surface area contributed by atoms with E-state index in [0.717, 1.165) is 31.2 Å². The Balaban J connectivity index is 1.98. The molecule has 1 amide bonds. The summed E-state index contributed by atoms with van der Waals surface area (Å²) in [6.45, 7) is 1.83. The van der Waals surface area contributed by atoms with Crippen LogP contribution >= 0.6 is 23.2 Å². The van der Waals surface area contributed by atoms with Gasteiger partial charge in [0.05, 0.1) is 21.6 Å². The minimum Gasteiger partial charge on any atom is -0.341 e. The van der Waals surface area contributed by atoms with Crippen LogP contribution in [0.3, 0.4) is 0 Å². The molecule has 2 rings (SSSR count). The van der Waals surface area contributed by atoms with Gasteiger partial charge in [0, 0.05) is 5.56 Å². The van der Waals surface area contributed by atoms with Crippen LogP contribution in [-0.2, 0) is 4.79 Å². The van der Waals surface area contributed by atoms with E-state index >= 15 is 0 Å². The van der Waals surface area contributed by atoms with E-state index in [2.05, 4.69) is 17.2 Å². The maximum absolute atomic E-state index is 12.1. The predicted octanol–water partition coefficient (Wildman–Crippen LogP) is 3.12. The highest BCUT2D eigenvalue weighted by atomic mass is 35.5. The average molecular weight is 325 g/mol. The first-order chi connectivity index (χ1) is 9.90. The van der Waals surface area contributed by atoms with Gasteiger partial charge in [-0.1, -0.05) is 47.9 Å². The van der Waals surface area contributed by atoms with Crippen LogP contribution in [-0.4, -0.2) is 17.5 Å². The van der Waals surface area contributed by atoms with Crippen LogP contribution in [0, 0.1) is 11.8 Å². The SMILES string of the molecule is CC(C#Cc1ccc(Cl)c(Cl)c1)NC(=O)C1(N)CCCC1. The lowest BCUT2D eigenvalue weighted by atomic mass is 9.98. The Labute approximate surface area is 135 Å². The molecule has 0 heterocycles. The molecule has 1 aromatic carbocycles. The van der Waals surface area contributed by atoms with Gasteiger partial charge in [-0.25, -0.2) is 0 Å². The molecule has 112 valence electrons. The number of carbonyl (C=O) groups is 1. The summed E-state index contributed by atoms with van der Waals surface area (Å²) in [7, 11) is 0.